The van der Waals surface area contributed by atoms with Crippen LogP contribution >= 0.6 is 0 Å². The second-order valence-corrected chi connectivity index (χ2v) is 4.64. The first kappa shape index (κ1) is 13.8. The van der Waals surface area contributed by atoms with Gasteiger partial charge in [-0.05, 0) is 36.4 Å². The number of carbonyl (C=O) groups excluding carboxylic acids is 2. The van der Waals surface area contributed by atoms with Crippen molar-refractivity contribution in [1.29, 1.82) is 0 Å². The second kappa shape index (κ2) is 6.02. The molecule has 0 bridgehead atoms. The maximum absolute atomic E-state index is 12.0. The molecule has 0 aliphatic carbocycles. The van der Waals surface area contributed by atoms with E-state index in [1.54, 1.807) is 24.3 Å². The fourth-order valence-corrected chi connectivity index (χ4v) is 1.76. The zero-order valence-corrected chi connectivity index (χ0v) is 11.5. The van der Waals surface area contributed by atoms with Crippen LogP contribution in [0.3, 0.4) is 0 Å². The van der Waals surface area contributed by atoms with Crippen molar-refractivity contribution in [3.63, 3.8) is 0 Å². The molecule has 0 saturated heterocycles. The monoisotopic (exact) mass is 268 g/mol. The summed E-state index contributed by atoms with van der Waals surface area (Å²) in [4.78, 5) is 24.6. The number of nitrogens with one attached hydrogen (secondary N) is 1. The molecule has 0 fully saturated rings. The van der Waals surface area contributed by atoms with Gasteiger partial charge in [0.25, 0.3) is 5.91 Å². The van der Waals surface area contributed by atoms with Crippen LogP contribution in [0, 0.1) is 0 Å². The first-order chi connectivity index (χ1) is 9.60. The highest BCUT2D eigenvalue weighted by Gasteiger charge is 2.06. The van der Waals surface area contributed by atoms with Crippen LogP contribution in [0.4, 0.5) is 11.4 Å². The Morgan fingerprint density at radius 3 is 2.10 bits per heavy atom. The van der Waals surface area contributed by atoms with Crippen molar-refractivity contribution >= 4 is 23.6 Å². The van der Waals surface area contributed by atoms with Gasteiger partial charge in [0, 0.05) is 36.6 Å². The van der Waals surface area contributed by atoms with Crippen molar-refractivity contribution in [1.82, 2.24) is 0 Å². The maximum atomic E-state index is 12.0. The first-order valence-electron chi connectivity index (χ1n) is 6.24. The summed E-state index contributed by atoms with van der Waals surface area (Å²) >= 11 is 0. The van der Waals surface area contributed by atoms with E-state index in [1.807, 2.05) is 43.3 Å². The molecule has 4 heteroatoms. The molecule has 2 aromatic rings. The third-order valence-electron chi connectivity index (χ3n) is 2.95. The highest BCUT2D eigenvalue weighted by Crippen LogP contribution is 2.16. The molecule has 0 unspecified atom stereocenters. The van der Waals surface area contributed by atoms with Crippen molar-refractivity contribution in [2.45, 2.75) is 0 Å². The van der Waals surface area contributed by atoms with Crippen LogP contribution in [0.1, 0.15) is 20.7 Å². The van der Waals surface area contributed by atoms with Crippen LogP contribution in [-0.2, 0) is 0 Å². The molecular weight excluding hydrogens is 252 g/mol. The lowest BCUT2D eigenvalue weighted by Crippen LogP contribution is -2.12. The van der Waals surface area contributed by atoms with Gasteiger partial charge < -0.3 is 10.2 Å². The Balaban J connectivity index is 2.08. The van der Waals surface area contributed by atoms with E-state index < -0.39 is 0 Å². The minimum absolute atomic E-state index is 0.194. The van der Waals surface area contributed by atoms with E-state index >= 15 is 0 Å². The van der Waals surface area contributed by atoms with Gasteiger partial charge in [0.05, 0.1) is 0 Å². The van der Waals surface area contributed by atoms with Gasteiger partial charge >= 0.3 is 0 Å². The highest BCUT2D eigenvalue weighted by molar-refractivity contribution is 6.04. The van der Waals surface area contributed by atoms with Crippen LogP contribution in [0.2, 0.25) is 0 Å². The second-order valence-electron chi connectivity index (χ2n) is 4.64. The summed E-state index contributed by atoms with van der Waals surface area (Å²) < 4.78 is 0. The largest absolute Gasteiger partial charge is 0.378 e. The SMILES string of the molecule is CN(C)c1ccc(NC(=O)c2ccc(C=O)cc2)cc1. The zero-order chi connectivity index (χ0) is 14.5. The van der Waals surface area contributed by atoms with Gasteiger partial charge in [0.2, 0.25) is 0 Å². The Kier molecular flexibility index (Phi) is 4.15. The number of nitrogens with zero attached hydrogens (tertiary/aromatic N) is 1. The van der Waals surface area contributed by atoms with Crippen LogP contribution in [0.25, 0.3) is 0 Å². The molecule has 0 radical (unpaired) electrons. The number of hydrogen-bond donors (Lipinski definition) is 1. The number of anilines is 2. The molecule has 0 aliphatic rings. The molecule has 20 heavy (non-hydrogen) atoms. The minimum Gasteiger partial charge on any atom is -0.378 e. The summed E-state index contributed by atoms with van der Waals surface area (Å²) in [7, 11) is 3.92. The van der Waals surface area contributed by atoms with E-state index in [-0.39, 0.29) is 5.91 Å². The van der Waals surface area contributed by atoms with Crippen molar-refractivity contribution in [2.75, 3.05) is 24.3 Å². The third kappa shape index (κ3) is 3.23. The van der Waals surface area contributed by atoms with E-state index in [0.29, 0.717) is 11.1 Å². The van der Waals surface area contributed by atoms with E-state index in [1.165, 1.54) is 0 Å². The number of aldehydes is 1. The van der Waals surface area contributed by atoms with Gasteiger partial charge in [0.15, 0.2) is 0 Å². The third-order valence-corrected chi connectivity index (χ3v) is 2.95. The lowest BCUT2D eigenvalue weighted by Gasteiger charge is -2.13. The summed E-state index contributed by atoms with van der Waals surface area (Å²) in [6.07, 6.45) is 0.752. The van der Waals surface area contributed by atoms with Gasteiger partial charge in [-0.3, -0.25) is 9.59 Å². The van der Waals surface area contributed by atoms with Crippen LogP contribution in [0.15, 0.2) is 48.5 Å². The number of amides is 1. The molecule has 0 heterocycles. The summed E-state index contributed by atoms with van der Waals surface area (Å²) in [5.74, 6) is -0.194. The van der Waals surface area contributed by atoms with E-state index in [9.17, 15) is 9.59 Å². The first-order valence-corrected chi connectivity index (χ1v) is 6.24. The fourth-order valence-electron chi connectivity index (χ4n) is 1.76. The van der Waals surface area contributed by atoms with Crippen molar-refractivity contribution in [3.8, 4) is 0 Å². The molecular formula is C16H16N2O2. The van der Waals surface area contributed by atoms with Crippen LogP contribution < -0.4 is 10.2 Å². The van der Waals surface area contributed by atoms with Gasteiger partial charge in [-0.25, -0.2) is 0 Å². The Bertz CT molecular complexity index is 601. The Morgan fingerprint density at radius 2 is 1.60 bits per heavy atom. The normalized spacial score (nSPS) is 9.90. The molecule has 0 aromatic heterocycles. The molecule has 0 saturated carbocycles. The van der Waals surface area contributed by atoms with Gasteiger partial charge in [-0.2, -0.15) is 0 Å². The summed E-state index contributed by atoms with van der Waals surface area (Å²) in [5.41, 5.74) is 2.88. The smallest absolute Gasteiger partial charge is 0.255 e. The molecule has 0 aliphatic heterocycles. The Hall–Kier alpha value is -2.62. The number of rotatable bonds is 4. The lowest BCUT2D eigenvalue weighted by molar-refractivity contribution is 0.102. The van der Waals surface area contributed by atoms with Gasteiger partial charge in [-0.1, -0.05) is 12.1 Å². The predicted molar refractivity (Wildman–Crippen MR) is 80.6 cm³/mol. The summed E-state index contributed by atoms with van der Waals surface area (Å²) in [6.45, 7) is 0. The Labute approximate surface area is 118 Å². The van der Waals surface area contributed by atoms with E-state index in [0.717, 1.165) is 17.7 Å². The lowest BCUT2D eigenvalue weighted by atomic mass is 10.1. The summed E-state index contributed by atoms with van der Waals surface area (Å²) in [5, 5.41) is 2.82. The molecule has 102 valence electrons. The Morgan fingerprint density at radius 1 is 1.00 bits per heavy atom. The van der Waals surface area contributed by atoms with E-state index in [2.05, 4.69) is 5.32 Å². The topological polar surface area (TPSA) is 49.4 Å². The average Bonchev–Trinajstić information content (AvgIpc) is 2.48. The predicted octanol–water partition coefficient (Wildman–Crippen LogP) is 2.82. The molecule has 0 spiro atoms. The average molecular weight is 268 g/mol. The van der Waals surface area contributed by atoms with Crippen molar-refractivity contribution < 1.29 is 9.59 Å². The number of hydrogen-bond acceptors (Lipinski definition) is 3. The molecule has 0 atom stereocenters. The molecule has 2 aromatic carbocycles. The molecule has 2 rings (SSSR count). The van der Waals surface area contributed by atoms with Crippen molar-refractivity contribution in [2.24, 2.45) is 0 Å². The highest BCUT2D eigenvalue weighted by atomic mass is 16.1. The quantitative estimate of drug-likeness (QED) is 0.867. The van der Waals surface area contributed by atoms with Crippen molar-refractivity contribution in [3.05, 3.63) is 59.7 Å². The number of benzene rings is 2. The van der Waals surface area contributed by atoms with E-state index in [4.69, 9.17) is 0 Å². The van der Waals surface area contributed by atoms with Gasteiger partial charge in [-0.15, -0.1) is 0 Å². The fraction of sp³-hybridized carbons (Fsp3) is 0.125. The maximum Gasteiger partial charge on any atom is 0.255 e. The minimum atomic E-state index is -0.194. The standard InChI is InChI=1S/C16H16N2O2/c1-18(2)15-9-7-14(8-10-15)17-16(20)13-5-3-12(11-19)4-6-13/h3-11H,1-2H3,(H,17,20). The number of carbonyl (C=O) groups is 2. The van der Waals surface area contributed by atoms with Crippen LogP contribution in [-0.4, -0.2) is 26.3 Å². The summed E-state index contributed by atoms with van der Waals surface area (Å²) in [6, 6.07) is 14.1. The molecule has 1 N–H and O–H groups in total. The molecule has 4 nitrogen and oxygen atoms in total. The van der Waals surface area contributed by atoms with Gasteiger partial charge in [0.1, 0.15) is 6.29 Å². The zero-order valence-electron chi connectivity index (χ0n) is 11.5. The molecule has 1 amide bonds. The van der Waals surface area contributed by atoms with Crippen LogP contribution in [0.5, 0.6) is 0 Å².